The number of para-hydroxylation sites is 1. The van der Waals surface area contributed by atoms with Crippen molar-refractivity contribution in [2.24, 2.45) is 0 Å². The molecule has 0 N–H and O–H groups in total. The molecule has 0 amide bonds. The van der Waals surface area contributed by atoms with Crippen molar-refractivity contribution >= 4 is 11.6 Å². The van der Waals surface area contributed by atoms with Crippen LogP contribution in [0.25, 0.3) is 0 Å². The van der Waals surface area contributed by atoms with E-state index in [-0.39, 0.29) is 23.9 Å². The van der Waals surface area contributed by atoms with Gasteiger partial charge in [0.15, 0.2) is 0 Å². The van der Waals surface area contributed by atoms with Crippen LogP contribution in [0.3, 0.4) is 0 Å². The van der Waals surface area contributed by atoms with Crippen molar-refractivity contribution in [3.8, 4) is 5.88 Å². The number of nitrogens with zero attached hydrogens (tertiary/aromatic N) is 3. The highest BCUT2D eigenvalue weighted by Crippen LogP contribution is 2.38. The normalized spacial score (nSPS) is 15.6. The fourth-order valence-corrected chi connectivity index (χ4v) is 3.75. The molecule has 1 aromatic carbocycles. The van der Waals surface area contributed by atoms with Crippen molar-refractivity contribution < 1.29 is 17.9 Å². The molecule has 0 saturated heterocycles. The number of benzene rings is 1. The zero-order valence-corrected chi connectivity index (χ0v) is 17.2. The summed E-state index contributed by atoms with van der Waals surface area (Å²) in [6.45, 7) is 6.62. The van der Waals surface area contributed by atoms with E-state index in [4.69, 9.17) is 4.74 Å². The molecule has 158 valence electrons. The molecule has 29 heavy (non-hydrogen) atoms. The van der Waals surface area contributed by atoms with E-state index in [1.165, 1.54) is 0 Å². The first-order valence-electron chi connectivity index (χ1n) is 10.3. The fraction of sp³-hybridized carbons (Fsp3) is 0.545. The highest BCUT2D eigenvalue weighted by Gasteiger charge is 2.37. The molecule has 0 spiro atoms. The SMILES string of the molecule is CCN(c1ncc(C(F)(F)F)c(OC2CCCCC2)n1)c1ccccc1C(C)C. The van der Waals surface area contributed by atoms with Crippen LogP contribution in [-0.2, 0) is 6.18 Å². The number of hydrogen-bond donors (Lipinski definition) is 0. The summed E-state index contributed by atoms with van der Waals surface area (Å²) in [5, 5.41) is 0. The summed E-state index contributed by atoms with van der Waals surface area (Å²) >= 11 is 0. The van der Waals surface area contributed by atoms with Gasteiger partial charge in [0.25, 0.3) is 0 Å². The first-order valence-corrected chi connectivity index (χ1v) is 10.3. The van der Waals surface area contributed by atoms with E-state index in [2.05, 4.69) is 23.8 Å². The van der Waals surface area contributed by atoms with Gasteiger partial charge < -0.3 is 9.64 Å². The topological polar surface area (TPSA) is 38.2 Å². The monoisotopic (exact) mass is 407 g/mol. The average molecular weight is 407 g/mol. The minimum Gasteiger partial charge on any atom is -0.474 e. The van der Waals surface area contributed by atoms with E-state index < -0.39 is 11.7 Å². The molecule has 7 heteroatoms. The summed E-state index contributed by atoms with van der Waals surface area (Å²) < 4.78 is 46.4. The smallest absolute Gasteiger partial charge is 0.423 e. The van der Waals surface area contributed by atoms with Crippen molar-refractivity contribution in [1.29, 1.82) is 0 Å². The van der Waals surface area contributed by atoms with E-state index >= 15 is 0 Å². The first-order chi connectivity index (χ1) is 13.8. The number of hydrogen-bond acceptors (Lipinski definition) is 4. The van der Waals surface area contributed by atoms with Crippen molar-refractivity contribution in [3.63, 3.8) is 0 Å². The molecule has 2 aromatic rings. The number of aromatic nitrogens is 2. The second kappa shape index (κ2) is 9.01. The van der Waals surface area contributed by atoms with Crippen molar-refractivity contribution in [2.75, 3.05) is 11.4 Å². The summed E-state index contributed by atoms with van der Waals surface area (Å²) in [7, 11) is 0. The molecule has 1 aromatic heterocycles. The number of halogens is 3. The van der Waals surface area contributed by atoms with Gasteiger partial charge in [-0.1, -0.05) is 38.5 Å². The second-order valence-corrected chi connectivity index (χ2v) is 7.72. The number of anilines is 2. The van der Waals surface area contributed by atoms with Gasteiger partial charge in [-0.3, -0.25) is 0 Å². The van der Waals surface area contributed by atoms with Gasteiger partial charge in [0.1, 0.15) is 11.7 Å². The number of alkyl halides is 3. The van der Waals surface area contributed by atoms with Crippen LogP contribution < -0.4 is 9.64 Å². The Labute approximate surface area is 170 Å². The predicted molar refractivity (Wildman–Crippen MR) is 108 cm³/mol. The first kappa shape index (κ1) is 21.4. The lowest BCUT2D eigenvalue weighted by molar-refractivity contribution is -0.140. The van der Waals surface area contributed by atoms with Crippen LogP contribution in [0.1, 0.15) is 69.9 Å². The van der Waals surface area contributed by atoms with Crippen LogP contribution in [0.4, 0.5) is 24.8 Å². The van der Waals surface area contributed by atoms with E-state index in [1.54, 1.807) is 0 Å². The summed E-state index contributed by atoms with van der Waals surface area (Å²) in [5.41, 5.74) is 1.07. The van der Waals surface area contributed by atoms with Crippen molar-refractivity contribution in [1.82, 2.24) is 9.97 Å². The Bertz CT molecular complexity index is 817. The van der Waals surface area contributed by atoms with Gasteiger partial charge >= 0.3 is 6.18 Å². The Balaban J connectivity index is 2.01. The van der Waals surface area contributed by atoms with Gasteiger partial charge in [-0.05, 0) is 50.2 Å². The lowest BCUT2D eigenvalue weighted by Gasteiger charge is -2.27. The molecular weight excluding hydrogens is 379 g/mol. The van der Waals surface area contributed by atoms with Crippen LogP contribution in [0.5, 0.6) is 5.88 Å². The molecule has 1 aliphatic carbocycles. The van der Waals surface area contributed by atoms with Gasteiger partial charge in [-0.2, -0.15) is 18.2 Å². The second-order valence-electron chi connectivity index (χ2n) is 7.72. The van der Waals surface area contributed by atoms with E-state index in [0.29, 0.717) is 6.54 Å². The highest BCUT2D eigenvalue weighted by atomic mass is 19.4. The molecule has 0 bridgehead atoms. The van der Waals surface area contributed by atoms with Crippen LogP contribution in [0.15, 0.2) is 30.5 Å². The third-order valence-electron chi connectivity index (χ3n) is 5.28. The maximum atomic E-state index is 13.5. The third kappa shape index (κ3) is 5.00. The van der Waals surface area contributed by atoms with Crippen LogP contribution in [0, 0.1) is 0 Å². The maximum Gasteiger partial charge on any atom is 0.423 e. The van der Waals surface area contributed by atoms with Crippen LogP contribution in [0.2, 0.25) is 0 Å². The fourth-order valence-electron chi connectivity index (χ4n) is 3.75. The molecule has 1 fully saturated rings. The number of rotatable bonds is 6. The lowest BCUT2D eigenvalue weighted by Crippen LogP contribution is -2.25. The maximum absolute atomic E-state index is 13.5. The van der Waals surface area contributed by atoms with Crippen LogP contribution >= 0.6 is 0 Å². The predicted octanol–water partition coefficient (Wildman–Crippen LogP) is 6.49. The molecule has 0 radical (unpaired) electrons. The van der Waals surface area contributed by atoms with Crippen molar-refractivity contribution in [3.05, 3.63) is 41.6 Å². The molecule has 1 saturated carbocycles. The Morgan fingerprint density at radius 1 is 1.14 bits per heavy atom. The van der Waals surface area contributed by atoms with E-state index in [1.807, 2.05) is 36.1 Å². The standard InChI is InChI=1S/C22H28F3N3O/c1-4-28(19-13-9-8-12-17(19)15(2)3)21-26-14-18(22(23,24)25)20(27-21)29-16-10-6-5-7-11-16/h8-9,12-16H,4-7,10-11H2,1-3H3. The molecule has 1 heterocycles. The molecule has 0 unspecified atom stereocenters. The lowest BCUT2D eigenvalue weighted by atomic mass is 9.98. The quantitative estimate of drug-likeness (QED) is 0.549. The largest absolute Gasteiger partial charge is 0.474 e. The molecule has 0 atom stereocenters. The van der Waals surface area contributed by atoms with Gasteiger partial charge in [0.05, 0.1) is 0 Å². The molecule has 3 rings (SSSR count). The molecule has 0 aliphatic heterocycles. The Hall–Kier alpha value is -2.31. The Morgan fingerprint density at radius 2 is 1.83 bits per heavy atom. The third-order valence-corrected chi connectivity index (χ3v) is 5.28. The Kier molecular flexibility index (Phi) is 6.65. The Morgan fingerprint density at radius 3 is 2.45 bits per heavy atom. The summed E-state index contributed by atoms with van der Waals surface area (Å²) in [6.07, 6.45) is 0.590. The average Bonchev–Trinajstić information content (AvgIpc) is 2.69. The minimum absolute atomic E-state index is 0.222. The molecule has 4 nitrogen and oxygen atoms in total. The van der Waals surface area contributed by atoms with Gasteiger partial charge in [-0.15, -0.1) is 0 Å². The van der Waals surface area contributed by atoms with Crippen LogP contribution in [-0.4, -0.2) is 22.6 Å². The van der Waals surface area contributed by atoms with E-state index in [0.717, 1.165) is 49.6 Å². The molecule has 1 aliphatic rings. The van der Waals surface area contributed by atoms with Gasteiger partial charge in [0, 0.05) is 18.4 Å². The van der Waals surface area contributed by atoms with E-state index in [9.17, 15) is 13.2 Å². The number of ether oxygens (including phenoxy) is 1. The van der Waals surface area contributed by atoms with Gasteiger partial charge in [-0.25, -0.2) is 4.98 Å². The zero-order chi connectivity index (χ0) is 21.0. The minimum atomic E-state index is -4.56. The highest BCUT2D eigenvalue weighted by molar-refractivity contribution is 5.63. The summed E-state index contributed by atoms with van der Waals surface area (Å²) in [4.78, 5) is 10.2. The van der Waals surface area contributed by atoms with Crippen molar-refractivity contribution in [2.45, 2.75) is 71.1 Å². The van der Waals surface area contributed by atoms with Gasteiger partial charge in [0.2, 0.25) is 11.8 Å². The zero-order valence-electron chi connectivity index (χ0n) is 17.2. The summed E-state index contributed by atoms with van der Waals surface area (Å²) in [5.74, 6) is 0.113. The summed E-state index contributed by atoms with van der Waals surface area (Å²) in [6, 6.07) is 7.83. The molecular formula is C22H28F3N3O.